The minimum absolute atomic E-state index is 0.550. The first-order valence-electron chi connectivity index (χ1n) is 7.86. The summed E-state index contributed by atoms with van der Waals surface area (Å²) in [7, 11) is 0. The molecule has 2 aromatic carbocycles. The first kappa shape index (κ1) is 14.2. The van der Waals surface area contributed by atoms with Crippen molar-refractivity contribution in [2.24, 2.45) is 0 Å². The van der Waals surface area contributed by atoms with Gasteiger partial charge in [-0.15, -0.1) is 0 Å². The van der Waals surface area contributed by atoms with Crippen molar-refractivity contribution in [3.05, 3.63) is 54.6 Å². The van der Waals surface area contributed by atoms with Gasteiger partial charge in [0.05, 0.1) is 0 Å². The summed E-state index contributed by atoms with van der Waals surface area (Å²) >= 11 is 0. The Bertz CT molecular complexity index is 614. The molecule has 1 aliphatic carbocycles. The molecule has 2 nitrogen and oxygen atoms in total. The second-order valence-corrected chi connectivity index (χ2v) is 5.73. The van der Waals surface area contributed by atoms with Crippen LogP contribution in [0.1, 0.15) is 31.2 Å². The zero-order chi connectivity index (χ0) is 14.5. The molecule has 21 heavy (non-hydrogen) atoms. The Kier molecular flexibility index (Phi) is 4.56. The van der Waals surface area contributed by atoms with Crippen LogP contribution in [0.4, 0.5) is 0 Å². The first-order valence-corrected chi connectivity index (χ1v) is 7.86. The number of nitrogens with one attached hydrogen (secondary N) is 1. The van der Waals surface area contributed by atoms with E-state index in [4.69, 9.17) is 4.74 Å². The summed E-state index contributed by atoms with van der Waals surface area (Å²) < 4.78 is 5.85. The van der Waals surface area contributed by atoms with Crippen LogP contribution >= 0.6 is 0 Å². The third kappa shape index (κ3) is 3.27. The highest BCUT2D eigenvalue weighted by atomic mass is 16.5. The van der Waals surface area contributed by atoms with Crippen LogP contribution in [0, 0.1) is 0 Å². The van der Waals surface area contributed by atoms with Gasteiger partial charge in [-0.2, -0.15) is 0 Å². The number of ether oxygens (including phenoxy) is 1. The van der Waals surface area contributed by atoms with Gasteiger partial charge in [0.1, 0.15) is 12.4 Å². The molecule has 1 fully saturated rings. The van der Waals surface area contributed by atoms with Crippen LogP contribution in [0.25, 0.3) is 10.8 Å². The van der Waals surface area contributed by atoms with E-state index in [2.05, 4.69) is 48.3 Å². The Balaban J connectivity index is 1.88. The second kappa shape index (κ2) is 6.77. The van der Waals surface area contributed by atoms with E-state index in [1.165, 1.54) is 42.0 Å². The molecule has 0 heterocycles. The largest absolute Gasteiger partial charge is 0.489 e. The Morgan fingerprint density at radius 3 is 2.76 bits per heavy atom. The molecular weight excluding hydrogens is 258 g/mol. The summed E-state index contributed by atoms with van der Waals surface area (Å²) in [6.07, 6.45) is 7.10. The molecular formula is C19H23NO. The zero-order valence-corrected chi connectivity index (χ0v) is 12.5. The Hall–Kier alpha value is -1.80. The van der Waals surface area contributed by atoms with Gasteiger partial charge < -0.3 is 10.1 Å². The van der Waals surface area contributed by atoms with Crippen molar-refractivity contribution in [2.45, 2.75) is 38.3 Å². The van der Waals surface area contributed by atoms with Crippen molar-refractivity contribution in [3.63, 3.8) is 0 Å². The normalized spacial score (nSPS) is 15.4. The van der Waals surface area contributed by atoms with Gasteiger partial charge >= 0.3 is 0 Å². The fourth-order valence-corrected chi connectivity index (χ4v) is 3.16. The standard InChI is InChI=1S/C19H23NO/c1-2-13-21-19-12-11-15-7-3-6-10-17(15)18(19)14-20-16-8-4-5-9-16/h2-3,6-7,10-12,16,20H,1,4-5,8-9,13-14H2. The Morgan fingerprint density at radius 1 is 1.14 bits per heavy atom. The van der Waals surface area contributed by atoms with Crippen molar-refractivity contribution in [3.8, 4) is 5.75 Å². The van der Waals surface area contributed by atoms with E-state index >= 15 is 0 Å². The summed E-state index contributed by atoms with van der Waals surface area (Å²) in [4.78, 5) is 0. The minimum Gasteiger partial charge on any atom is -0.489 e. The van der Waals surface area contributed by atoms with Gasteiger partial charge in [0, 0.05) is 18.2 Å². The third-order valence-corrected chi connectivity index (χ3v) is 4.28. The molecule has 0 aliphatic heterocycles. The van der Waals surface area contributed by atoms with Gasteiger partial charge in [-0.1, -0.05) is 55.8 Å². The molecule has 0 unspecified atom stereocenters. The zero-order valence-electron chi connectivity index (χ0n) is 12.5. The average molecular weight is 281 g/mol. The number of hydrogen-bond acceptors (Lipinski definition) is 2. The minimum atomic E-state index is 0.550. The molecule has 0 atom stereocenters. The van der Waals surface area contributed by atoms with Crippen molar-refractivity contribution >= 4 is 10.8 Å². The van der Waals surface area contributed by atoms with E-state index in [0.29, 0.717) is 12.6 Å². The maximum absolute atomic E-state index is 5.85. The van der Waals surface area contributed by atoms with E-state index < -0.39 is 0 Å². The molecule has 0 spiro atoms. The van der Waals surface area contributed by atoms with Gasteiger partial charge in [-0.3, -0.25) is 0 Å². The van der Waals surface area contributed by atoms with E-state index in [-0.39, 0.29) is 0 Å². The van der Waals surface area contributed by atoms with Crippen LogP contribution in [0.5, 0.6) is 5.75 Å². The molecule has 0 radical (unpaired) electrons. The van der Waals surface area contributed by atoms with Crippen LogP contribution < -0.4 is 10.1 Å². The quantitative estimate of drug-likeness (QED) is 0.791. The topological polar surface area (TPSA) is 21.3 Å². The Morgan fingerprint density at radius 2 is 1.95 bits per heavy atom. The molecule has 2 aromatic rings. The van der Waals surface area contributed by atoms with Crippen LogP contribution in [0.2, 0.25) is 0 Å². The smallest absolute Gasteiger partial charge is 0.124 e. The molecule has 0 bridgehead atoms. The summed E-state index contributed by atoms with van der Waals surface area (Å²) in [5, 5.41) is 6.25. The fraction of sp³-hybridized carbons (Fsp3) is 0.368. The summed E-state index contributed by atoms with van der Waals surface area (Å²) in [5.41, 5.74) is 1.27. The maximum Gasteiger partial charge on any atom is 0.124 e. The summed E-state index contributed by atoms with van der Waals surface area (Å²) in [5.74, 6) is 0.971. The molecule has 1 aliphatic rings. The lowest BCUT2D eigenvalue weighted by Crippen LogP contribution is -2.25. The predicted molar refractivity (Wildman–Crippen MR) is 88.7 cm³/mol. The van der Waals surface area contributed by atoms with E-state index in [1.54, 1.807) is 6.08 Å². The lowest BCUT2D eigenvalue weighted by molar-refractivity contribution is 0.357. The van der Waals surface area contributed by atoms with Gasteiger partial charge in [-0.05, 0) is 29.7 Å². The predicted octanol–water partition coefficient (Wildman–Crippen LogP) is 4.44. The highest BCUT2D eigenvalue weighted by Gasteiger charge is 2.16. The molecule has 2 heteroatoms. The lowest BCUT2D eigenvalue weighted by atomic mass is 10.0. The van der Waals surface area contributed by atoms with Gasteiger partial charge in [-0.25, -0.2) is 0 Å². The molecule has 1 N–H and O–H groups in total. The first-order chi connectivity index (χ1) is 10.4. The van der Waals surface area contributed by atoms with Crippen molar-refractivity contribution in [1.29, 1.82) is 0 Å². The fourth-order valence-electron chi connectivity index (χ4n) is 3.16. The third-order valence-electron chi connectivity index (χ3n) is 4.28. The van der Waals surface area contributed by atoms with E-state index in [1.807, 2.05) is 0 Å². The highest BCUT2D eigenvalue weighted by molar-refractivity contribution is 5.87. The van der Waals surface area contributed by atoms with Crippen LogP contribution in [0.15, 0.2) is 49.1 Å². The molecule has 0 saturated heterocycles. The number of fused-ring (bicyclic) bond motifs is 1. The maximum atomic E-state index is 5.85. The SMILES string of the molecule is C=CCOc1ccc2ccccc2c1CNC1CCCC1. The van der Waals surface area contributed by atoms with Gasteiger partial charge in [0.15, 0.2) is 0 Å². The van der Waals surface area contributed by atoms with Crippen LogP contribution in [-0.2, 0) is 6.54 Å². The lowest BCUT2D eigenvalue weighted by Gasteiger charge is -2.17. The summed E-state index contributed by atoms with van der Waals surface area (Å²) in [6, 6.07) is 13.4. The van der Waals surface area contributed by atoms with Gasteiger partial charge in [0.25, 0.3) is 0 Å². The highest BCUT2D eigenvalue weighted by Crippen LogP contribution is 2.29. The second-order valence-electron chi connectivity index (χ2n) is 5.73. The Labute approximate surface area is 126 Å². The molecule has 0 amide bonds. The summed E-state index contributed by atoms with van der Waals surface area (Å²) in [6.45, 7) is 5.16. The van der Waals surface area contributed by atoms with Crippen molar-refractivity contribution < 1.29 is 4.74 Å². The average Bonchev–Trinajstić information content (AvgIpc) is 3.04. The van der Waals surface area contributed by atoms with Crippen molar-refractivity contribution in [1.82, 2.24) is 5.32 Å². The molecule has 1 saturated carbocycles. The number of hydrogen-bond donors (Lipinski definition) is 1. The molecule has 0 aromatic heterocycles. The number of rotatable bonds is 6. The van der Waals surface area contributed by atoms with Crippen LogP contribution in [0.3, 0.4) is 0 Å². The molecule has 110 valence electrons. The van der Waals surface area contributed by atoms with E-state index in [0.717, 1.165) is 12.3 Å². The monoisotopic (exact) mass is 281 g/mol. The van der Waals surface area contributed by atoms with Crippen molar-refractivity contribution in [2.75, 3.05) is 6.61 Å². The molecule has 3 rings (SSSR count). The van der Waals surface area contributed by atoms with Gasteiger partial charge in [0.2, 0.25) is 0 Å². The number of benzene rings is 2. The van der Waals surface area contributed by atoms with Crippen LogP contribution in [-0.4, -0.2) is 12.6 Å². The van der Waals surface area contributed by atoms with E-state index in [9.17, 15) is 0 Å².